The average molecular weight is 252 g/mol. The van der Waals surface area contributed by atoms with E-state index in [1.807, 2.05) is 4.90 Å². The standard InChI is InChI=1S/C14H24N2O2/c1-2-3-4-5-8-15-14(18)11-9-13(17)16(10-11)12-6-7-12/h11-12H,2-10H2,1H3,(H,15,18)/t11-/m1/s1. The largest absolute Gasteiger partial charge is 0.356 e. The first-order valence-electron chi connectivity index (χ1n) is 7.29. The fraction of sp³-hybridized carbons (Fsp3) is 0.857. The molecule has 1 saturated carbocycles. The minimum Gasteiger partial charge on any atom is -0.356 e. The average Bonchev–Trinajstić information content (AvgIpc) is 3.12. The first kappa shape index (κ1) is 13.4. The van der Waals surface area contributed by atoms with E-state index in [9.17, 15) is 9.59 Å². The summed E-state index contributed by atoms with van der Waals surface area (Å²) in [5, 5.41) is 2.97. The number of hydrogen-bond donors (Lipinski definition) is 1. The maximum atomic E-state index is 11.9. The summed E-state index contributed by atoms with van der Waals surface area (Å²) >= 11 is 0. The van der Waals surface area contributed by atoms with Gasteiger partial charge in [-0.25, -0.2) is 0 Å². The number of carbonyl (C=O) groups is 2. The van der Waals surface area contributed by atoms with E-state index >= 15 is 0 Å². The van der Waals surface area contributed by atoms with Crippen molar-refractivity contribution in [3.05, 3.63) is 0 Å². The van der Waals surface area contributed by atoms with Crippen molar-refractivity contribution in [1.82, 2.24) is 10.2 Å². The maximum absolute atomic E-state index is 11.9. The second-order valence-electron chi connectivity index (χ2n) is 5.53. The third-order valence-electron chi connectivity index (χ3n) is 3.85. The molecule has 1 saturated heterocycles. The van der Waals surface area contributed by atoms with Crippen LogP contribution in [-0.4, -0.2) is 35.8 Å². The molecule has 0 aromatic rings. The molecule has 1 atom stereocenters. The Morgan fingerprint density at radius 2 is 2.11 bits per heavy atom. The fourth-order valence-corrected chi connectivity index (χ4v) is 2.55. The molecular weight excluding hydrogens is 228 g/mol. The lowest BCUT2D eigenvalue weighted by atomic mass is 10.1. The molecule has 4 heteroatoms. The number of likely N-dealkylation sites (tertiary alicyclic amines) is 1. The Labute approximate surface area is 109 Å². The van der Waals surface area contributed by atoms with Crippen LogP contribution in [0.1, 0.15) is 51.9 Å². The van der Waals surface area contributed by atoms with Gasteiger partial charge in [-0.05, 0) is 19.3 Å². The molecule has 1 N–H and O–H groups in total. The van der Waals surface area contributed by atoms with Crippen molar-refractivity contribution in [3.63, 3.8) is 0 Å². The highest BCUT2D eigenvalue weighted by atomic mass is 16.2. The summed E-state index contributed by atoms with van der Waals surface area (Å²) in [6.45, 7) is 3.58. The van der Waals surface area contributed by atoms with Crippen LogP contribution in [0.3, 0.4) is 0 Å². The number of nitrogens with one attached hydrogen (secondary N) is 1. The van der Waals surface area contributed by atoms with E-state index in [0.717, 1.165) is 25.8 Å². The molecule has 2 rings (SSSR count). The summed E-state index contributed by atoms with van der Waals surface area (Å²) < 4.78 is 0. The molecule has 2 aliphatic rings. The highest BCUT2D eigenvalue weighted by Crippen LogP contribution is 2.32. The molecule has 1 aliphatic carbocycles. The van der Waals surface area contributed by atoms with E-state index in [2.05, 4.69) is 12.2 Å². The highest BCUT2D eigenvalue weighted by molar-refractivity contribution is 5.89. The Morgan fingerprint density at radius 3 is 2.78 bits per heavy atom. The van der Waals surface area contributed by atoms with Crippen molar-refractivity contribution in [3.8, 4) is 0 Å². The molecule has 1 heterocycles. The second-order valence-corrected chi connectivity index (χ2v) is 5.53. The maximum Gasteiger partial charge on any atom is 0.225 e. The highest BCUT2D eigenvalue weighted by Gasteiger charge is 2.41. The van der Waals surface area contributed by atoms with Gasteiger partial charge < -0.3 is 10.2 Å². The molecule has 4 nitrogen and oxygen atoms in total. The number of unbranched alkanes of at least 4 members (excludes halogenated alkanes) is 3. The van der Waals surface area contributed by atoms with Crippen LogP contribution in [0, 0.1) is 5.92 Å². The molecule has 18 heavy (non-hydrogen) atoms. The zero-order valence-corrected chi connectivity index (χ0v) is 11.3. The Bertz CT molecular complexity index is 313. The topological polar surface area (TPSA) is 49.4 Å². The summed E-state index contributed by atoms with van der Waals surface area (Å²) in [7, 11) is 0. The van der Waals surface area contributed by atoms with Crippen molar-refractivity contribution < 1.29 is 9.59 Å². The lowest BCUT2D eigenvalue weighted by Crippen LogP contribution is -2.34. The predicted molar refractivity (Wildman–Crippen MR) is 70.0 cm³/mol. The molecule has 2 fully saturated rings. The number of amides is 2. The van der Waals surface area contributed by atoms with Gasteiger partial charge in [-0.2, -0.15) is 0 Å². The van der Waals surface area contributed by atoms with E-state index in [1.165, 1.54) is 19.3 Å². The van der Waals surface area contributed by atoms with Crippen LogP contribution >= 0.6 is 0 Å². The number of rotatable bonds is 7. The van der Waals surface area contributed by atoms with Crippen molar-refractivity contribution in [2.24, 2.45) is 5.92 Å². The first-order chi connectivity index (χ1) is 8.72. The summed E-state index contributed by atoms with van der Waals surface area (Å²) in [6, 6.07) is 0.444. The van der Waals surface area contributed by atoms with E-state index in [1.54, 1.807) is 0 Å². The third-order valence-corrected chi connectivity index (χ3v) is 3.85. The molecule has 0 aromatic carbocycles. The molecular formula is C14H24N2O2. The van der Waals surface area contributed by atoms with Gasteiger partial charge in [0.2, 0.25) is 11.8 Å². The molecule has 0 aromatic heterocycles. The van der Waals surface area contributed by atoms with Gasteiger partial charge in [0, 0.05) is 25.6 Å². The Kier molecular flexibility index (Phi) is 4.61. The number of carbonyl (C=O) groups excluding carboxylic acids is 2. The summed E-state index contributed by atoms with van der Waals surface area (Å²) in [5.41, 5.74) is 0. The van der Waals surface area contributed by atoms with E-state index in [4.69, 9.17) is 0 Å². The fourth-order valence-electron chi connectivity index (χ4n) is 2.55. The zero-order valence-electron chi connectivity index (χ0n) is 11.3. The molecule has 1 aliphatic heterocycles. The van der Waals surface area contributed by atoms with Crippen molar-refractivity contribution >= 4 is 11.8 Å². The van der Waals surface area contributed by atoms with Gasteiger partial charge in [-0.3, -0.25) is 9.59 Å². The van der Waals surface area contributed by atoms with Crippen LogP contribution in [0.4, 0.5) is 0 Å². The van der Waals surface area contributed by atoms with Crippen LogP contribution in [0.25, 0.3) is 0 Å². The van der Waals surface area contributed by atoms with Crippen LogP contribution < -0.4 is 5.32 Å². The van der Waals surface area contributed by atoms with Gasteiger partial charge in [0.15, 0.2) is 0 Å². The lowest BCUT2D eigenvalue weighted by molar-refractivity contribution is -0.129. The smallest absolute Gasteiger partial charge is 0.225 e. The molecule has 102 valence electrons. The minimum absolute atomic E-state index is 0.0722. The van der Waals surface area contributed by atoms with Gasteiger partial charge in [-0.1, -0.05) is 26.2 Å². The third kappa shape index (κ3) is 3.47. The van der Waals surface area contributed by atoms with Gasteiger partial charge in [0.05, 0.1) is 5.92 Å². The van der Waals surface area contributed by atoms with Crippen LogP contribution in [0.15, 0.2) is 0 Å². The van der Waals surface area contributed by atoms with E-state index in [-0.39, 0.29) is 17.7 Å². The van der Waals surface area contributed by atoms with Gasteiger partial charge >= 0.3 is 0 Å². The van der Waals surface area contributed by atoms with E-state index in [0.29, 0.717) is 19.0 Å². The normalized spacial score (nSPS) is 23.5. The molecule has 0 unspecified atom stereocenters. The van der Waals surface area contributed by atoms with Crippen LogP contribution in [0.2, 0.25) is 0 Å². The lowest BCUT2D eigenvalue weighted by Gasteiger charge is -2.15. The van der Waals surface area contributed by atoms with Gasteiger partial charge in [-0.15, -0.1) is 0 Å². The van der Waals surface area contributed by atoms with E-state index < -0.39 is 0 Å². The Balaban J connectivity index is 1.65. The van der Waals surface area contributed by atoms with Crippen molar-refractivity contribution in [2.45, 2.75) is 57.9 Å². The SMILES string of the molecule is CCCCCCNC(=O)[C@@H]1CC(=O)N(C2CC2)C1. The summed E-state index contributed by atoms with van der Waals surface area (Å²) in [6.07, 6.45) is 7.32. The first-order valence-corrected chi connectivity index (χ1v) is 7.29. The molecule has 0 radical (unpaired) electrons. The quantitative estimate of drug-likeness (QED) is 0.701. The predicted octanol–water partition coefficient (Wildman–Crippen LogP) is 1.69. The summed E-state index contributed by atoms with van der Waals surface area (Å²) in [5.74, 6) is 0.135. The van der Waals surface area contributed by atoms with Gasteiger partial charge in [0.1, 0.15) is 0 Å². The van der Waals surface area contributed by atoms with Gasteiger partial charge in [0.25, 0.3) is 0 Å². The summed E-state index contributed by atoms with van der Waals surface area (Å²) in [4.78, 5) is 25.6. The second kappa shape index (κ2) is 6.21. The monoisotopic (exact) mass is 252 g/mol. The zero-order chi connectivity index (χ0) is 13.0. The molecule has 0 bridgehead atoms. The van der Waals surface area contributed by atoms with Crippen LogP contribution in [0.5, 0.6) is 0 Å². The molecule has 2 amide bonds. The Morgan fingerprint density at radius 1 is 1.33 bits per heavy atom. The number of nitrogens with zero attached hydrogens (tertiary/aromatic N) is 1. The Hall–Kier alpha value is -1.06. The minimum atomic E-state index is -0.107. The van der Waals surface area contributed by atoms with Crippen molar-refractivity contribution in [1.29, 1.82) is 0 Å². The number of hydrogen-bond acceptors (Lipinski definition) is 2. The molecule has 0 spiro atoms. The van der Waals surface area contributed by atoms with Crippen molar-refractivity contribution in [2.75, 3.05) is 13.1 Å². The van der Waals surface area contributed by atoms with Crippen LogP contribution in [-0.2, 0) is 9.59 Å².